The first kappa shape index (κ1) is 12.1. The third kappa shape index (κ3) is 2.07. The van der Waals surface area contributed by atoms with Gasteiger partial charge >= 0.3 is 5.97 Å². The molecule has 1 unspecified atom stereocenters. The first-order valence-corrected chi connectivity index (χ1v) is 6.04. The maximum absolute atomic E-state index is 11.3. The van der Waals surface area contributed by atoms with Crippen LogP contribution in [0.4, 0.5) is 0 Å². The molecule has 1 aliphatic carbocycles. The Labute approximate surface area is 101 Å². The molecule has 17 heavy (non-hydrogen) atoms. The first-order valence-electron chi connectivity index (χ1n) is 6.04. The van der Waals surface area contributed by atoms with Crippen LogP contribution in [0.15, 0.2) is 18.2 Å². The Hall–Kier alpha value is -1.35. The van der Waals surface area contributed by atoms with Crippen LogP contribution in [0.25, 0.3) is 0 Å². The van der Waals surface area contributed by atoms with Crippen molar-refractivity contribution in [3.05, 3.63) is 34.9 Å². The molecule has 0 fully saturated rings. The largest absolute Gasteiger partial charge is 0.481 e. The van der Waals surface area contributed by atoms with Crippen LogP contribution >= 0.6 is 0 Å². The van der Waals surface area contributed by atoms with Gasteiger partial charge in [-0.2, -0.15) is 0 Å². The summed E-state index contributed by atoms with van der Waals surface area (Å²) in [6.45, 7) is 1.20. The van der Waals surface area contributed by atoms with Gasteiger partial charge in [0.25, 0.3) is 0 Å². The summed E-state index contributed by atoms with van der Waals surface area (Å²) >= 11 is 0. The number of aliphatic hydroxyl groups excluding tert-OH is 1. The number of fused-ring (bicyclic) bond motifs is 1. The number of hydrogen-bond donors (Lipinski definition) is 2. The lowest BCUT2D eigenvalue weighted by molar-refractivity contribution is -0.144. The highest BCUT2D eigenvalue weighted by molar-refractivity contribution is 5.81. The summed E-state index contributed by atoms with van der Waals surface area (Å²) in [6.07, 6.45) is 4.48. The SMILES string of the molecule is CC(CO)(C(=O)O)c1ccc2c(c1)CCCC2. The Balaban J connectivity index is 2.42. The molecule has 1 aromatic rings. The van der Waals surface area contributed by atoms with Gasteiger partial charge in [0, 0.05) is 0 Å². The van der Waals surface area contributed by atoms with E-state index < -0.39 is 11.4 Å². The fourth-order valence-corrected chi connectivity index (χ4v) is 2.36. The number of aliphatic hydroxyl groups is 1. The predicted molar refractivity (Wildman–Crippen MR) is 65.2 cm³/mol. The summed E-state index contributed by atoms with van der Waals surface area (Å²) in [5, 5.41) is 18.6. The minimum atomic E-state index is -1.19. The van der Waals surface area contributed by atoms with Gasteiger partial charge in [-0.3, -0.25) is 4.79 Å². The van der Waals surface area contributed by atoms with Crippen LogP contribution in [0.5, 0.6) is 0 Å². The summed E-state index contributed by atoms with van der Waals surface area (Å²) in [5.41, 5.74) is 2.08. The molecule has 2 N–H and O–H groups in total. The smallest absolute Gasteiger partial charge is 0.316 e. The minimum Gasteiger partial charge on any atom is -0.481 e. The molecule has 0 radical (unpaired) electrons. The molecule has 0 aromatic heterocycles. The van der Waals surface area contributed by atoms with Crippen LogP contribution < -0.4 is 0 Å². The minimum absolute atomic E-state index is 0.374. The van der Waals surface area contributed by atoms with E-state index >= 15 is 0 Å². The Kier molecular flexibility index (Phi) is 3.20. The van der Waals surface area contributed by atoms with Crippen molar-refractivity contribution in [3.8, 4) is 0 Å². The molecule has 2 rings (SSSR count). The van der Waals surface area contributed by atoms with Gasteiger partial charge < -0.3 is 10.2 Å². The van der Waals surface area contributed by atoms with Gasteiger partial charge in [-0.25, -0.2) is 0 Å². The van der Waals surface area contributed by atoms with Crippen molar-refractivity contribution >= 4 is 5.97 Å². The van der Waals surface area contributed by atoms with Gasteiger partial charge in [-0.15, -0.1) is 0 Å². The topological polar surface area (TPSA) is 57.5 Å². The third-order valence-electron chi connectivity index (χ3n) is 3.77. The van der Waals surface area contributed by atoms with E-state index in [0.29, 0.717) is 5.56 Å². The van der Waals surface area contributed by atoms with E-state index in [1.807, 2.05) is 18.2 Å². The standard InChI is InChI=1S/C14H18O3/c1-14(9-15,13(16)17)12-7-6-10-4-2-3-5-11(10)8-12/h6-8,15H,2-5,9H2,1H3,(H,16,17). The number of hydrogen-bond acceptors (Lipinski definition) is 2. The van der Waals surface area contributed by atoms with E-state index in [1.165, 1.54) is 24.0 Å². The molecular weight excluding hydrogens is 216 g/mol. The van der Waals surface area contributed by atoms with Crippen LogP contribution in [0, 0.1) is 0 Å². The second-order valence-corrected chi connectivity index (χ2v) is 4.99. The van der Waals surface area contributed by atoms with Crippen molar-refractivity contribution in [2.24, 2.45) is 0 Å². The maximum Gasteiger partial charge on any atom is 0.316 e. The molecule has 3 nitrogen and oxygen atoms in total. The molecule has 0 saturated heterocycles. The lowest BCUT2D eigenvalue weighted by Crippen LogP contribution is -2.36. The van der Waals surface area contributed by atoms with Crippen LogP contribution in [-0.4, -0.2) is 22.8 Å². The molecule has 0 bridgehead atoms. The Morgan fingerprint density at radius 3 is 2.53 bits per heavy atom. The molecule has 1 aliphatic rings. The van der Waals surface area contributed by atoms with Crippen molar-refractivity contribution in [1.82, 2.24) is 0 Å². The zero-order chi connectivity index (χ0) is 12.5. The lowest BCUT2D eigenvalue weighted by Gasteiger charge is -2.25. The van der Waals surface area contributed by atoms with E-state index in [-0.39, 0.29) is 6.61 Å². The van der Waals surface area contributed by atoms with Crippen molar-refractivity contribution in [2.45, 2.75) is 38.0 Å². The first-order chi connectivity index (χ1) is 8.08. The molecule has 3 heteroatoms. The molecule has 0 heterocycles. The number of aliphatic carboxylic acids is 1. The fraction of sp³-hybridized carbons (Fsp3) is 0.500. The second kappa shape index (κ2) is 4.49. The molecule has 92 valence electrons. The molecule has 0 saturated carbocycles. The lowest BCUT2D eigenvalue weighted by atomic mass is 9.80. The molecule has 0 spiro atoms. The normalized spacial score (nSPS) is 18.2. The zero-order valence-electron chi connectivity index (χ0n) is 10.1. The Bertz CT molecular complexity index is 439. The second-order valence-electron chi connectivity index (χ2n) is 4.99. The predicted octanol–water partition coefficient (Wildman–Crippen LogP) is 1.90. The Morgan fingerprint density at radius 1 is 1.29 bits per heavy atom. The number of benzene rings is 1. The molecule has 0 amide bonds. The fourth-order valence-electron chi connectivity index (χ4n) is 2.36. The summed E-state index contributed by atoms with van der Waals surface area (Å²) < 4.78 is 0. The highest BCUT2D eigenvalue weighted by Gasteiger charge is 2.35. The van der Waals surface area contributed by atoms with Gasteiger partial charge in [0.15, 0.2) is 0 Å². The van der Waals surface area contributed by atoms with E-state index in [1.54, 1.807) is 6.92 Å². The summed E-state index contributed by atoms with van der Waals surface area (Å²) in [6, 6.07) is 5.81. The average molecular weight is 234 g/mol. The van der Waals surface area contributed by atoms with Gasteiger partial charge in [-0.05, 0) is 49.3 Å². The quantitative estimate of drug-likeness (QED) is 0.839. The molecule has 0 aliphatic heterocycles. The Morgan fingerprint density at radius 2 is 1.94 bits per heavy atom. The van der Waals surface area contributed by atoms with E-state index in [9.17, 15) is 15.0 Å². The molecular formula is C14H18O3. The van der Waals surface area contributed by atoms with Crippen molar-refractivity contribution < 1.29 is 15.0 Å². The van der Waals surface area contributed by atoms with Crippen LogP contribution in [0.3, 0.4) is 0 Å². The van der Waals surface area contributed by atoms with E-state index in [0.717, 1.165) is 12.8 Å². The summed E-state index contributed by atoms with van der Waals surface area (Å²) in [4.78, 5) is 11.3. The van der Waals surface area contributed by atoms with Crippen molar-refractivity contribution in [3.63, 3.8) is 0 Å². The van der Waals surface area contributed by atoms with Gasteiger partial charge in [-0.1, -0.05) is 18.2 Å². The van der Waals surface area contributed by atoms with Crippen LogP contribution in [-0.2, 0) is 23.1 Å². The van der Waals surface area contributed by atoms with Gasteiger partial charge in [0.1, 0.15) is 5.41 Å². The van der Waals surface area contributed by atoms with Gasteiger partial charge in [0.2, 0.25) is 0 Å². The zero-order valence-corrected chi connectivity index (χ0v) is 10.1. The number of carboxylic acids is 1. The van der Waals surface area contributed by atoms with E-state index in [2.05, 4.69) is 0 Å². The van der Waals surface area contributed by atoms with Gasteiger partial charge in [0.05, 0.1) is 6.61 Å². The summed E-state index contributed by atoms with van der Waals surface area (Å²) in [5.74, 6) is -0.976. The molecule has 1 atom stereocenters. The van der Waals surface area contributed by atoms with Crippen molar-refractivity contribution in [1.29, 1.82) is 0 Å². The monoisotopic (exact) mass is 234 g/mol. The molecule has 1 aromatic carbocycles. The number of carboxylic acid groups (broad SMARTS) is 1. The third-order valence-corrected chi connectivity index (χ3v) is 3.77. The number of rotatable bonds is 3. The van der Waals surface area contributed by atoms with Crippen LogP contribution in [0.1, 0.15) is 36.5 Å². The van der Waals surface area contributed by atoms with Crippen molar-refractivity contribution in [2.75, 3.05) is 6.61 Å². The summed E-state index contributed by atoms with van der Waals surface area (Å²) in [7, 11) is 0. The highest BCUT2D eigenvalue weighted by Crippen LogP contribution is 2.29. The number of aryl methyl sites for hydroxylation is 2. The maximum atomic E-state index is 11.3. The average Bonchev–Trinajstić information content (AvgIpc) is 2.37. The number of carbonyl (C=O) groups is 1. The highest BCUT2D eigenvalue weighted by atomic mass is 16.4. The van der Waals surface area contributed by atoms with Crippen LogP contribution in [0.2, 0.25) is 0 Å². The van der Waals surface area contributed by atoms with E-state index in [4.69, 9.17) is 0 Å².